The van der Waals surface area contributed by atoms with E-state index in [1.54, 1.807) is 19.2 Å². The fourth-order valence-electron chi connectivity index (χ4n) is 1.48. The molecule has 1 aromatic heterocycles. The molecule has 1 heterocycles. The number of hydrogen-bond donors (Lipinski definition) is 1. The molecular weight excluding hydrogens is 267 g/mol. The standard InChI is InChI=1S/C13H13FN2O2S/c1-18-8-12-15-7-11(19-12)13(17)16-6-9-2-4-10(14)5-3-9/h2-5,7H,6,8H2,1H3,(H,16,17). The maximum atomic E-state index is 12.7. The lowest BCUT2D eigenvalue weighted by molar-refractivity contribution is 0.0955. The zero-order chi connectivity index (χ0) is 13.7. The highest BCUT2D eigenvalue weighted by Gasteiger charge is 2.10. The van der Waals surface area contributed by atoms with Crippen LogP contribution in [-0.2, 0) is 17.9 Å². The van der Waals surface area contributed by atoms with E-state index >= 15 is 0 Å². The Morgan fingerprint density at radius 2 is 2.16 bits per heavy atom. The van der Waals surface area contributed by atoms with Gasteiger partial charge in [0.05, 0.1) is 12.8 Å². The maximum absolute atomic E-state index is 12.7. The van der Waals surface area contributed by atoms with Crippen LogP contribution in [0.15, 0.2) is 30.5 Å². The van der Waals surface area contributed by atoms with Gasteiger partial charge >= 0.3 is 0 Å². The van der Waals surface area contributed by atoms with Crippen molar-refractivity contribution >= 4 is 17.2 Å². The fraction of sp³-hybridized carbons (Fsp3) is 0.231. The van der Waals surface area contributed by atoms with Crippen LogP contribution in [-0.4, -0.2) is 18.0 Å². The Hall–Kier alpha value is -1.79. The first-order chi connectivity index (χ1) is 9.19. The van der Waals surface area contributed by atoms with Gasteiger partial charge in [0.15, 0.2) is 0 Å². The first-order valence-corrected chi connectivity index (χ1v) is 6.47. The fourth-order valence-corrected chi connectivity index (χ4v) is 2.28. The van der Waals surface area contributed by atoms with Crippen LogP contribution >= 0.6 is 11.3 Å². The molecule has 19 heavy (non-hydrogen) atoms. The van der Waals surface area contributed by atoms with Crippen molar-refractivity contribution in [3.63, 3.8) is 0 Å². The Balaban J connectivity index is 1.91. The van der Waals surface area contributed by atoms with Gasteiger partial charge in [-0.2, -0.15) is 0 Å². The highest BCUT2D eigenvalue weighted by Crippen LogP contribution is 2.13. The van der Waals surface area contributed by atoms with Gasteiger partial charge in [0, 0.05) is 13.7 Å². The molecule has 6 heteroatoms. The Bertz CT molecular complexity index is 554. The number of nitrogens with zero attached hydrogens (tertiary/aromatic N) is 1. The van der Waals surface area contributed by atoms with Crippen LogP contribution in [0, 0.1) is 5.82 Å². The summed E-state index contributed by atoms with van der Waals surface area (Å²) in [7, 11) is 1.58. The predicted octanol–water partition coefficient (Wildman–Crippen LogP) is 2.36. The number of halogens is 1. The number of aromatic nitrogens is 1. The number of carbonyl (C=O) groups excluding carboxylic acids is 1. The smallest absolute Gasteiger partial charge is 0.263 e. The SMILES string of the molecule is COCc1ncc(C(=O)NCc2ccc(F)cc2)s1. The van der Waals surface area contributed by atoms with Crippen LogP contribution in [0.3, 0.4) is 0 Å². The van der Waals surface area contributed by atoms with Gasteiger partial charge in [-0.3, -0.25) is 4.79 Å². The van der Waals surface area contributed by atoms with Crippen LogP contribution in [0.2, 0.25) is 0 Å². The minimum absolute atomic E-state index is 0.191. The van der Waals surface area contributed by atoms with Crippen molar-refractivity contribution in [3.8, 4) is 0 Å². The Morgan fingerprint density at radius 3 is 2.84 bits per heavy atom. The number of thiazole rings is 1. The number of hydrogen-bond acceptors (Lipinski definition) is 4. The molecule has 2 aromatic rings. The third-order valence-electron chi connectivity index (χ3n) is 2.41. The maximum Gasteiger partial charge on any atom is 0.263 e. The molecule has 1 amide bonds. The molecule has 0 bridgehead atoms. The molecule has 0 fully saturated rings. The molecule has 100 valence electrons. The van der Waals surface area contributed by atoms with Crippen molar-refractivity contribution < 1.29 is 13.9 Å². The van der Waals surface area contributed by atoms with Crippen molar-refractivity contribution in [3.05, 3.63) is 51.7 Å². The molecule has 0 aliphatic heterocycles. The van der Waals surface area contributed by atoms with Gasteiger partial charge in [-0.25, -0.2) is 9.37 Å². The summed E-state index contributed by atoms with van der Waals surface area (Å²) in [6.07, 6.45) is 1.53. The van der Waals surface area contributed by atoms with E-state index in [4.69, 9.17) is 4.74 Å². The molecular formula is C13H13FN2O2S. The summed E-state index contributed by atoms with van der Waals surface area (Å²) in [5.41, 5.74) is 0.844. The minimum Gasteiger partial charge on any atom is -0.378 e. The van der Waals surface area contributed by atoms with Gasteiger partial charge in [-0.1, -0.05) is 12.1 Å². The molecule has 0 atom stereocenters. The van der Waals surface area contributed by atoms with Crippen LogP contribution < -0.4 is 5.32 Å². The molecule has 0 aliphatic carbocycles. The van der Waals surface area contributed by atoms with Gasteiger partial charge in [-0.15, -0.1) is 11.3 Å². The molecule has 1 N–H and O–H groups in total. The number of carbonyl (C=O) groups is 1. The van der Waals surface area contributed by atoms with Crippen molar-refractivity contribution in [1.29, 1.82) is 0 Å². The summed E-state index contributed by atoms with van der Waals surface area (Å²) in [5, 5.41) is 3.52. The number of ether oxygens (including phenoxy) is 1. The van der Waals surface area contributed by atoms with Crippen LogP contribution in [0.25, 0.3) is 0 Å². The van der Waals surface area contributed by atoms with E-state index in [-0.39, 0.29) is 11.7 Å². The molecule has 0 saturated heterocycles. The number of benzene rings is 1. The second-order valence-corrected chi connectivity index (χ2v) is 4.98. The van der Waals surface area contributed by atoms with Gasteiger partial charge in [0.1, 0.15) is 15.7 Å². The molecule has 0 spiro atoms. The van der Waals surface area contributed by atoms with Crippen molar-refractivity contribution in [1.82, 2.24) is 10.3 Å². The second-order valence-electron chi connectivity index (χ2n) is 3.86. The van der Waals surface area contributed by atoms with E-state index in [1.165, 1.54) is 29.7 Å². The molecule has 0 unspecified atom stereocenters. The largest absolute Gasteiger partial charge is 0.378 e. The second kappa shape index (κ2) is 6.40. The topological polar surface area (TPSA) is 51.2 Å². The van der Waals surface area contributed by atoms with E-state index in [0.717, 1.165) is 10.6 Å². The summed E-state index contributed by atoms with van der Waals surface area (Å²) in [5.74, 6) is -0.481. The van der Waals surface area contributed by atoms with E-state index in [2.05, 4.69) is 10.3 Å². The van der Waals surface area contributed by atoms with Crippen molar-refractivity contribution in [2.45, 2.75) is 13.2 Å². The lowest BCUT2D eigenvalue weighted by Crippen LogP contribution is -2.21. The lowest BCUT2D eigenvalue weighted by Gasteiger charge is -2.03. The van der Waals surface area contributed by atoms with Gasteiger partial charge in [0.2, 0.25) is 0 Å². The van der Waals surface area contributed by atoms with Crippen LogP contribution in [0.5, 0.6) is 0 Å². The molecule has 0 radical (unpaired) electrons. The number of methoxy groups -OCH3 is 1. The van der Waals surface area contributed by atoms with Gasteiger partial charge < -0.3 is 10.1 Å². The monoisotopic (exact) mass is 280 g/mol. The van der Waals surface area contributed by atoms with Crippen LogP contribution in [0.4, 0.5) is 4.39 Å². The van der Waals surface area contributed by atoms with Crippen molar-refractivity contribution in [2.24, 2.45) is 0 Å². The average Bonchev–Trinajstić information content (AvgIpc) is 2.87. The van der Waals surface area contributed by atoms with E-state index in [1.807, 2.05) is 0 Å². The molecule has 1 aromatic carbocycles. The van der Waals surface area contributed by atoms with E-state index < -0.39 is 0 Å². The zero-order valence-corrected chi connectivity index (χ0v) is 11.2. The molecule has 0 aliphatic rings. The van der Waals surface area contributed by atoms with Crippen molar-refractivity contribution in [2.75, 3.05) is 7.11 Å². The Morgan fingerprint density at radius 1 is 1.42 bits per heavy atom. The normalized spacial score (nSPS) is 10.4. The number of rotatable bonds is 5. The van der Waals surface area contributed by atoms with E-state index in [9.17, 15) is 9.18 Å². The summed E-state index contributed by atoms with van der Waals surface area (Å²) in [6, 6.07) is 6.01. The third-order valence-corrected chi connectivity index (χ3v) is 3.38. The van der Waals surface area contributed by atoms with Gasteiger partial charge in [-0.05, 0) is 17.7 Å². The summed E-state index contributed by atoms with van der Waals surface area (Å²) >= 11 is 1.30. The molecule has 0 saturated carbocycles. The highest BCUT2D eigenvalue weighted by molar-refractivity contribution is 7.13. The summed E-state index contributed by atoms with van der Waals surface area (Å²) in [6.45, 7) is 0.756. The molecule has 4 nitrogen and oxygen atoms in total. The summed E-state index contributed by atoms with van der Waals surface area (Å²) in [4.78, 5) is 16.5. The quantitative estimate of drug-likeness (QED) is 0.914. The van der Waals surface area contributed by atoms with Crippen LogP contribution in [0.1, 0.15) is 20.2 Å². The number of amides is 1. The Labute approximate surface area is 114 Å². The average molecular weight is 280 g/mol. The summed E-state index contributed by atoms with van der Waals surface area (Å²) < 4.78 is 17.7. The van der Waals surface area contributed by atoms with Gasteiger partial charge in [0.25, 0.3) is 5.91 Å². The lowest BCUT2D eigenvalue weighted by atomic mass is 10.2. The molecule has 2 rings (SSSR count). The third kappa shape index (κ3) is 3.84. The highest BCUT2D eigenvalue weighted by atomic mass is 32.1. The zero-order valence-electron chi connectivity index (χ0n) is 10.4. The number of nitrogens with one attached hydrogen (secondary N) is 1. The minimum atomic E-state index is -0.290. The Kier molecular flexibility index (Phi) is 4.59. The first-order valence-electron chi connectivity index (χ1n) is 5.65. The first kappa shape index (κ1) is 13.6. The van der Waals surface area contributed by atoms with E-state index in [0.29, 0.717) is 18.0 Å². The predicted molar refractivity (Wildman–Crippen MR) is 70.4 cm³/mol.